The van der Waals surface area contributed by atoms with E-state index in [1.807, 2.05) is 17.5 Å². The summed E-state index contributed by atoms with van der Waals surface area (Å²) in [5, 5.41) is 4.99. The summed E-state index contributed by atoms with van der Waals surface area (Å²) >= 11 is 1.46. The van der Waals surface area contributed by atoms with Gasteiger partial charge in [0.05, 0.1) is 11.4 Å². The molecule has 1 aromatic carbocycles. The Morgan fingerprint density at radius 1 is 1.22 bits per heavy atom. The van der Waals surface area contributed by atoms with Gasteiger partial charge in [0.25, 0.3) is 0 Å². The fourth-order valence-corrected chi connectivity index (χ4v) is 2.27. The molecule has 0 aliphatic rings. The highest BCUT2D eigenvalue weighted by atomic mass is 32.1. The Bertz CT molecular complexity index is 493. The zero-order chi connectivity index (χ0) is 12.8. The first-order chi connectivity index (χ1) is 8.75. The number of carbonyl (C=O) groups is 1. The fraction of sp³-hybridized carbons (Fsp3) is 0.214. The van der Waals surface area contributed by atoms with Crippen LogP contribution in [0.5, 0.6) is 0 Å². The molecule has 0 unspecified atom stereocenters. The average molecular weight is 263 g/mol. The van der Waals surface area contributed by atoms with Gasteiger partial charge in [-0.1, -0.05) is 18.2 Å². The lowest BCUT2D eigenvalue weighted by atomic mass is 10.1. The van der Waals surface area contributed by atoms with Crippen LogP contribution in [0.3, 0.4) is 0 Å². The molecule has 0 amide bonds. The number of thiophene rings is 1. The van der Waals surface area contributed by atoms with E-state index in [0.717, 1.165) is 16.9 Å². The van der Waals surface area contributed by atoms with Crippen molar-refractivity contribution >= 4 is 17.1 Å². The van der Waals surface area contributed by atoms with E-state index in [-0.39, 0.29) is 11.6 Å². The topological polar surface area (TPSA) is 29.1 Å². The minimum absolute atomic E-state index is 0.115. The van der Waals surface area contributed by atoms with E-state index in [4.69, 9.17) is 0 Å². The first kappa shape index (κ1) is 12.9. The molecule has 2 rings (SSSR count). The number of benzene rings is 1. The second-order valence-electron chi connectivity index (χ2n) is 3.95. The fourth-order valence-electron chi connectivity index (χ4n) is 1.61. The largest absolute Gasteiger partial charge is 0.309 e. The molecule has 18 heavy (non-hydrogen) atoms. The molecule has 0 aliphatic carbocycles. The van der Waals surface area contributed by atoms with Gasteiger partial charge in [0.15, 0.2) is 5.78 Å². The van der Waals surface area contributed by atoms with Crippen LogP contribution in [-0.2, 0) is 6.42 Å². The molecule has 0 saturated carbocycles. The Morgan fingerprint density at radius 2 is 2.00 bits per heavy atom. The second kappa shape index (κ2) is 6.42. The molecule has 0 aliphatic heterocycles. The van der Waals surface area contributed by atoms with Crippen LogP contribution >= 0.6 is 11.3 Å². The van der Waals surface area contributed by atoms with Crippen LogP contribution < -0.4 is 5.32 Å². The molecule has 2 nitrogen and oxygen atoms in total. The monoisotopic (exact) mass is 263 g/mol. The number of hydrogen-bond donors (Lipinski definition) is 1. The molecule has 0 bridgehead atoms. The molecule has 0 radical (unpaired) electrons. The summed E-state index contributed by atoms with van der Waals surface area (Å²) < 4.78 is 12.7. The van der Waals surface area contributed by atoms with Crippen molar-refractivity contribution in [2.24, 2.45) is 0 Å². The van der Waals surface area contributed by atoms with Gasteiger partial charge in [0.2, 0.25) is 0 Å². The standard InChI is InChI=1S/C14H14FNOS/c15-12-5-3-11(4-6-12)7-8-16-10-13(17)14-2-1-9-18-14/h1-6,9,16H,7-8,10H2. The van der Waals surface area contributed by atoms with Gasteiger partial charge < -0.3 is 5.32 Å². The van der Waals surface area contributed by atoms with Crippen LogP contribution in [0, 0.1) is 5.82 Å². The Hall–Kier alpha value is -1.52. The van der Waals surface area contributed by atoms with Crippen molar-refractivity contribution in [1.29, 1.82) is 0 Å². The second-order valence-corrected chi connectivity index (χ2v) is 4.90. The maximum absolute atomic E-state index is 12.7. The summed E-state index contributed by atoms with van der Waals surface area (Å²) in [6, 6.07) is 10.1. The number of carbonyl (C=O) groups excluding carboxylic acids is 1. The maximum Gasteiger partial charge on any atom is 0.186 e. The zero-order valence-corrected chi connectivity index (χ0v) is 10.7. The zero-order valence-electron chi connectivity index (χ0n) is 9.86. The van der Waals surface area contributed by atoms with Gasteiger partial charge in [0.1, 0.15) is 5.82 Å². The van der Waals surface area contributed by atoms with Crippen LogP contribution in [0.1, 0.15) is 15.2 Å². The van der Waals surface area contributed by atoms with E-state index in [1.54, 1.807) is 12.1 Å². The number of ketones is 1. The van der Waals surface area contributed by atoms with Gasteiger partial charge in [0, 0.05) is 0 Å². The Balaban J connectivity index is 1.70. The Kier molecular flexibility index (Phi) is 4.61. The van der Waals surface area contributed by atoms with Crippen molar-refractivity contribution in [3.63, 3.8) is 0 Å². The third-order valence-corrected chi connectivity index (χ3v) is 3.50. The first-order valence-corrected chi connectivity index (χ1v) is 6.65. The third kappa shape index (κ3) is 3.75. The van der Waals surface area contributed by atoms with Gasteiger partial charge in [-0.05, 0) is 42.1 Å². The molecular weight excluding hydrogens is 249 g/mol. The third-order valence-electron chi connectivity index (χ3n) is 2.59. The predicted octanol–water partition coefficient (Wildman–Crippen LogP) is 2.90. The van der Waals surface area contributed by atoms with Crippen molar-refractivity contribution < 1.29 is 9.18 Å². The van der Waals surface area contributed by atoms with Crippen LogP contribution in [0.4, 0.5) is 4.39 Å². The Labute approximate surface area is 109 Å². The quantitative estimate of drug-likeness (QED) is 0.641. The van der Waals surface area contributed by atoms with E-state index in [1.165, 1.54) is 23.5 Å². The molecule has 0 saturated heterocycles. The summed E-state index contributed by atoms with van der Waals surface area (Å²) in [7, 11) is 0. The summed E-state index contributed by atoms with van der Waals surface area (Å²) in [4.78, 5) is 12.4. The molecule has 1 heterocycles. The molecular formula is C14H14FNOS. The van der Waals surface area contributed by atoms with E-state index >= 15 is 0 Å². The summed E-state index contributed by atoms with van der Waals surface area (Å²) in [5.41, 5.74) is 1.06. The van der Waals surface area contributed by atoms with Gasteiger partial charge in [-0.15, -0.1) is 11.3 Å². The minimum Gasteiger partial charge on any atom is -0.309 e. The van der Waals surface area contributed by atoms with E-state index in [2.05, 4.69) is 5.32 Å². The van der Waals surface area contributed by atoms with Crippen molar-refractivity contribution in [2.75, 3.05) is 13.1 Å². The summed E-state index contributed by atoms with van der Waals surface area (Å²) in [5.74, 6) is -0.108. The van der Waals surface area contributed by atoms with Gasteiger partial charge >= 0.3 is 0 Å². The van der Waals surface area contributed by atoms with E-state index in [0.29, 0.717) is 13.1 Å². The summed E-state index contributed by atoms with van der Waals surface area (Å²) in [6.07, 6.45) is 0.790. The lowest BCUT2D eigenvalue weighted by Gasteiger charge is -2.03. The van der Waals surface area contributed by atoms with E-state index < -0.39 is 0 Å². The van der Waals surface area contributed by atoms with Crippen LogP contribution in [-0.4, -0.2) is 18.9 Å². The SMILES string of the molecule is O=C(CNCCc1ccc(F)cc1)c1cccs1. The maximum atomic E-state index is 12.7. The molecule has 4 heteroatoms. The highest BCUT2D eigenvalue weighted by molar-refractivity contribution is 7.12. The number of halogens is 1. The van der Waals surface area contributed by atoms with Gasteiger partial charge in [-0.3, -0.25) is 4.79 Å². The predicted molar refractivity (Wildman–Crippen MR) is 71.6 cm³/mol. The van der Waals surface area contributed by atoms with E-state index in [9.17, 15) is 9.18 Å². The van der Waals surface area contributed by atoms with Gasteiger partial charge in [-0.2, -0.15) is 0 Å². The first-order valence-electron chi connectivity index (χ1n) is 5.77. The molecule has 1 N–H and O–H groups in total. The van der Waals surface area contributed by atoms with Crippen molar-refractivity contribution in [1.82, 2.24) is 5.32 Å². The highest BCUT2D eigenvalue weighted by Gasteiger charge is 2.05. The molecule has 1 aromatic heterocycles. The highest BCUT2D eigenvalue weighted by Crippen LogP contribution is 2.08. The van der Waals surface area contributed by atoms with Crippen molar-refractivity contribution in [3.05, 3.63) is 58.0 Å². The smallest absolute Gasteiger partial charge is 0.186 e. The Morgan fingerprint density at radius 3 is 2.67 bits per heavy atom. The molecule has 0 spiro atoms. The number of Topliss-reactive ketones (excluding diaryl/α,β-unsaturated/α-hetero) is 1. The minimum atomic E-state index is -0.223. The normalized spacial score (nSPS) is 10.5. The molecule has 0 fully saturated rings. The van der Waals surface area contributed by atoms with Crippen molar-refractivity contribution in [3.8, 4) is 0 Å². The summed E-state index contributed by atoms with van der Waals surface area (Å²) in [6.45, 7) is 1.06. The van der Waals surface area contributed by atoms with Gasteiger partial charge in [-0.25, -0.2) is 4.39 Å². The average Bonchev–Trinajstić information content (AvgIpc) is 2.90. The number of hydrogen-bond acceptors (Lipinski definition) is 3. The lowest BCUT2D eigenvalue weighted by Crippen LogP contribution is -2.24. The van der Waals surface area contributed by atoms with Crippen molar-refractivity contribution in [2.45, 2.75) is 6.42 Å². The molecule has 94 valence electrons. The number of rotatable bonds is 6. The van der Waals surface area contributed by atoms with Crippen LogP contribution in [0.25, 0.3) is 0 Å². The molecule has 2 aromatic rings. The van der Waals surface area contributed by atoms with Crippen LogP contribution in [0.2, 0.25) is 0 Å². The number of nitrogens with one attached hydrogen (secondary N) is 1. The lowest BCUT2D eigenvalue weighted by molar-refractivity contribution is 0.0995. The molecule has 0 atom stereocenters. The van der Waals surface area contributed by atoms with Crippen LogP contribution in [0.15, 0.2) is 41.8 Å².